The van der Waals surface area contributed by atoms with Gasteiger partial charge in [0.15, 0.2) is 0 Å². The summed E-state index contributed by atoms with van der Waals surface area (Å²) < 4.78 is 20.9. The Bertz CT molecular complexity index is 7220. The van der Waals surface area contributed by atoms with E-state index in [0.29, 0.717) is 0 Å². The maximum atomic E-state index is 7.63. The van der Waals surface area contributed by atoms with Crippen molar-refractivity contribution in [2.75, 3.05) is 4.72 Å². The number of aromatic nitrogens is 4. The van der Waals surface area contributed by atoms with E-state index in [1.807, 2.05) is 0 Å². The molecule has 6 nitrogen and oxygen atoms in total. The van der Waals surface area contributed by atoms with E-state index in [9.17, 15) is 0 Å². The third-order valence-electron chi connectivity index (χ3n) is 23.8. The zero-order valence-electron chi connectivity index (χ0n) is 56.1. The lowest BCUT2D eigenvalue weighted by Crippen LogP contribution is -2.74. The Hall–Kier alpha value is -13.6. The minimum atomic E-state index is -0.255. The molecule has 25 rings (SSSR count). The molecule has 0 N–H and O–H groups in total. The molecule has 0 bridgehead atoms. The molecule has 4 aliphatic heterocycles. The average Bonchev–Trinajstić information content (AvgIpc) is 1.35. The van der Waals surface area contributed by atoms with Crippen molar-refractivity contribution in [3.05, 3.63) is 334 Å². The SMILES string of the molecule is c1ccc(-c2ccc3c(c2)c2cc(-c4ccccc4)ccc2n3-c2cc3c4c(c2)-n2c5ccccc5c5cccc(c52)B4N2B4c5c(cc(-n6c7ccc(-c8ccccc8)cc7c7cc(-c8ccccc8)ccc76)cc5-n5c6ccccc6c6cccc4c65)-c4c2c-3cc2c4oc3ccccc32)cc1. The number of anilines is 1. The Labute approximate surface area is 597 Å². The Balaban J connectivity index is 0.840. The molecule has 0 unspecified atom stereocenters. The second-order valence-corrected chi connectivity index (χ2v) is 28.9. The van der Waals surface area contributed by atoms with E-state index < -0.39 is 0 Å². The average molecular weight is 1320 g/mol. The summed E-state index contributed by atoms with van der Waals surface area (Å²) in [5, 5.41) is 12.0. The summed E-state index contributed by atoms with van der Waals surface area (Å²) >= 11 is 0. The molecular formula is C96H55B2N5O. The quantitative estimate of drug-likeness (QED) is 0.156. The highest BCUT2D eigenvalue weighted by Gasteiger charge is 2.54. The predicted molar refractivity (Wildman–Crippen MR) is 436 cm³/mol. The van der Waals surface area contributed by atoms with Crippen molar-refractivity contribution < 1.29 is 4.42 Å². The third kappa shape index (κ3) is 7.16. The van der Waals surface area contributed by atoms with Crippen LogP contribution in [0, 0.1) is 0 Å². The first-order chi connectivity index (χ1) is 51.6. The van der Waals surface area contributed by atoms with Crippen LogP contribution in [0.2, 0.25) is 0 Å². The van der Waals surface area contributed by atoms with Gasteiger partial charge in [-0.05, 0) is 175 Å². The summed E-state index contributed by atoms with van der Waals surface area (Å²) in [7, 11) is 0. The normalized spacial score (nSPS) is 13.1. The standard InChI is InChI=1S/C96H55B2N5O/c1-5-21-56(22-6-1)60-39-43-83-71(47-60)72-48-61(57-23-7-2-8-24-57)40-44-84(72)99(83)64-51-75-76-55-77-68-31-15-18-38-89(68)104-96(77)90-78-52-65(100-85-45-41-62(58-25-9-3-10-26-58)49-73(85)74-50-63(42-46-86(74)100)59-27-11-4-12-28-59)54-88-92(78)98(80-35-20-33-70-67-30-14-17-37-82(67)102(88)94(70)80)103(95(76)90)97-79-34-19-32-69-66-29-13-16-36-81(66)101(93(69)79)87(53-64)91(75)97/h1-55H. The van der Waals surface area contributed by atoms with Crippen molar-refractivity contribution in [1.82, 2.24) is 18.3 Å². The minimum Gasteiger partial charge on any atom is -0.455 e. The summed E-state index contributed by atoms with van der Waals surface area (Å²) in [6.45, 7) is -0.510. The number of benzene rings is 16. The van der Waals surface area contributed by atoms with Crippen molar-refractivity contribution in [3.63, 3.8) is 0 Å². The van der Waals surface area contributed by atoms with E-state index in [0.717, 1.165) is 60.9 Å². The van der Waals surface area contributed by atoms with Crippen LogP contribution in [-0.2, 0) is 0 Å². The summed E-state index contributed by atoms with van der Waals surface area (Å²) in [5.41, 5.74) is 36.3. The Morgan fingerprint density at radius 3 is 1.07 bits per heavy atom. The first-order valence-corrected chi connectivity index (χ1v) is 36.2. The highest BCUT2D eigenvalue weighted by molar-refractivity contribution is 7.09. The third-order valence-corrected chi connectivity index (χ3v) is 23.8. The van der Waals surface area contributed by atoms with Crippen LogP contribution >= 0.6 is 0 Å². The highest BCUT2D eigenvalue weighted by Crippen LogP contribution is 2.56. The van der Waals surface area contributed by atoms with Gasteiger partial charge in [0.05, 0.1) is 44.1 Å². The summed E-state index contributed by atoms with van der Waals surface area (Å²) in [6.07, 6.45) is 0. The van der Waals surface area contributed by atoms with Crippen LogP contribution in [0.15, 0.2) is 338 Å². The van der Waals surface area contributed by atoms with Gasteiger partial charge in [-0.2, -0.15) is 0 Å². The molecule has 21 aromatic rings. The van der Waals surface area contributed by atoms with Gasteiger partial charge in [0.25, 0.3) is 0 Å². The zero-order chi connectivity index (χ0) is 67.3. The Morgan fingerprint density at radius 1 is 0.240 bits per heavy atom. The maximum Gasteiger partial charge on any atom is 0.316 e. The van der Waals surface area contributed by atoms with Gasteiger partial charge >= 0.3 is 13.7 Å². The minimum absolute atomic E-state index is 0.255. The van der Waals surface area contributed by atoms with Crippen molar-refractivity contribution in [2.45, 2.75) is 0 Å². The van der Waals surface area contributed by atoms with Gasteiger partial charge in [-0.25, -0.2) is 0 Å². The molecule has 0 amide bonds. The number of nitrogens with zero attached hydrogens (tertiary/aromatic N) is 5. The lowest BCUT2D eigenvalue weighted by Gasteiger charge is -2.50. The number of hydrogen-bond acceptors (Lipinski definition) is 2. The molecule has 16 aromatic carbocycles. The van der Waals surface area contributed by atoms with E-state index in [1.54, 1.807) is 0 Å². The molecule has 5 aromatic heterocycles. The number of fused-ring (bicyclic) bond motifs is 24. The first-order valence-electron chi connectivity index (χ1n) is 36.2. The van der Waals surface area contributed by atoms with Gasteiger partial charge in [0.2, 0.25) is 0 Å². The van der Waals surface area contributed by atoms with E-state index in [-0.39, 0.29) is 13.7 Å². The molecule has 4 aliphatic rings. The molecule has 8 heteroatoms. The molecule has 0 aliphatic carbocycles. The maximum absolute atomic E-state index is 7.63. The smallest absolute Gasteiger partial charge is 0.316 e. The van der Waals surface area contributed by atoms with Crippen LogP contribution in [0.5, 0.6) is 0 Å². The summed E-state index contributed by atoms with van der Waals surface area (Å²) in [6, 6.07) is 126. The Kier molecular flexibility index (Phi) is 10.7. The van der Waals surface area contributed by atoms with Crippen LogP contribution in [0.25, 0.3) is 199 Å². The van der Waals surface area contributed by atoms with Crippen LogP contribution in [0.3, 0.4) is 0 Å². The summed E-state index contributed by atoms with van der Waals surface area (Å²) in [4.78, 5) is 0. The lowest BCUT2D eigenvalue weighted by atomic mass is 9.32. The predicted octanol–water partition coefficient (Wildman–Crippen LogP) is 21.6. The first kappa shape index (κ1) is 55.3. The number of hydrogen-bond donors (Lipinski definition) is 0. The molecule has 0 saturated carbocycles. The highest BCUT2D eigenvalue weighted by atomic mass is 16.3. The Morgan fingerprint density at radius 2 is 0.615 bits per heavy atom. The fourth-order valence-electron chi connectivity index (χ4n) is 19.6. The van der Waals surface area contributed by atoms with Crippen LogP contribution < -0.4 is 26.6 Å². The molecule has 476 valence electrons. The largest absolute Gasteiger partial charge is 0.455 e. The van der Waals surface area contributed by atoms with Crippen LogP contribution in [0.4, 0.5) is 5.69 Å². The van der Waals surface area contributed by atoms with Crippen molar-refractivity contribution >= 4 is 150 Å². The lowest BCUT2D eigenvalue weighted by molar-refractivity contribution is 0.670. The topological polar surface area (TPSA) is 36.1 Å². The van der Waals surface area contributed by atoms with E-state index in [1.165, 1.54) is 165 Å². The second kappa shape index (κ2) is 20.1. The van der Waals surface area contributed by atoms with Gasteiger partial charge in [0, 0.05) is 93.4 Å². The molecule has 0 saturated heterocycles. The van der Waals surface area contributed by atoms with E-state index in [4.69, 9.17) is 4.42 Å². The van der Waals surface area contributed by atoms with Crippen LogP contribution in [0.1, 0.15) is 0 Å². The molecule has 0 fully saturated rings. The zero-order valence-corrected chi connectivity index (χ0v) is 56.1. The van der Waals surface area contributed by atoms with Gasteiger partial charge in [-0.15, -0.1) is 0 Å². The van der Waals surface area contributed by atoms with Gasteiger partial charge in [-0.1, -0.05) is 237 Å². The number of para-hydroxylation sites is 5. The van der Waals surface area contributed by atoms with Gasteiger partial charge in [0.1, 0.15) is 11.2 Å². The molecule has 0 atom stereocenters. The monoisotopic (exact) mass is 1320 g/mol. The molecule has 0 radical (unpaired) electrons. The number of rotatable bonds is 6. The van der Waals surface area contributed by atoms with Crippen molar-refractivity contribution in [3.8, 4) is 89.5 Å². The van der Waals surface area contributed by atoms with Gasteiger partial charge in [-0.3, -0.25) is 0 Å². The molecule has 0 spiro atoms. The second-order valence-electron chi connectivity index (χ2n) is 28.9. The van der Waals surface area contributed by atoms with E-state index in [2.05, 4.69) is 357 Å². The fraction of sp³-hybridized carbons (Fsp3) is 0. The van der Waals surface area contributed by atoms with Crippen molar-refractivity contribution in [2.24, 2.45) is 0 Å². The van der Waals surface area contributed by atoms with Crippen LogP contribution in [-0.4, -0.2) is 32.0 Å². The molecule has 9 heterocycles. The van der Waals surface area contributed by atoms with E-state index >= 15 is 0 Å². The molecular weight excluding hydrogens is 1260 g/mol. The fourth-order valence-corrected chi connectivity index (χ4v) is 19.6. The number of furan rings is 1. The summed E-state index contributed by atoms with van der Waals surface area (Å²) in [5.74, 6) is 0. The van der Waals surface area contributed by atoms with Crippen molar-refractivity contribution in [1.29, 1.82) is 0 Å². The van der Waals surface area contributed by atoms with Gasteiger partial charge < -0.3 is 27.4 Å². The molecule has 104 heavy (non-hydrogen) atoms.